The van der Waals surface area contributed by atoms with E-state index in [2.05, 4.69) is 15.6 Å². The van der Waals surface area contributed by atoms with Crippen LogP contribution in [0.5, 0.6) is 5.88 Å². The van der Waals surface area contributed by atoms with Gasteiger partial charge in [0.25, 0.3) is 0 Å². The third-order valence-electron chi connectivity index (χ3n) is 4.13. The summed E-state index contributed by atoms with van der Waals surface area (Å²) in [6.45, 7) is 3.00. The summed E-state index contributed by atoms with van der Waals surface area (Å²) < 4.78 is 5.04. The summed E-state index contributed by atoms with van der Waals surface area (Å²) in [6.07, 6.45) is 1.54. The van der Waals surface area contributed by atoms with E-state index in [0.717, 1.165) is 18.5 Å². The number of amides is 2. The number of carboxylic acid groups (broad SMARTS) is 1. The lowest BCUT2D eigenvalue weighted by Crippen LogP contribution is -2.56. The van der Waals surface area contributed by atoms with Crippen LogP contribution in [-0.2, 0) is 11.3 Å². The molecule has 2 amide bonds. The number of carbonyl (C=O) groups is 2. The highest BCUT2D eigenvalue weighted by Gasteiger charge is 2.34. The van der Waals surface area contributed by atoms with E-state index >= 15 is 0 Å². The van der Waals surface area contributed by atoms with Crippen molar-refractivity contribution in [1.29, 1.82) is 0 Å². The van der Waals surface area contributed by atoms with Gasteiger partial charge in [0.15, 0.2) is 0 Å². The lowest BCUT2D eigenvalue weighted by atomic mass is 9.85. The van der Waals surface area contributed by atoms with Crippen molar-refractivity contribution in [3.8, 4) is 5.88 Å². The largest absolute Gasteiger partial charge is 0.481 e. The molecule has 1 aliphatic rings. The van der Waals surface area contributed by atoms with Crippen LogP contribution in [0.3, 0.4) is 0 Å². The van der Waals surface area contributed by atoms with Crippen molar-refractivity contribution in [2.24, 2.45) is 0 Å². The van der Waals surface area contributed by atoms with Crippen LogP contribution < -0.4 is 15.4 Å². The molecule has 8 nitrogen and oxygen atoms in total. The molecule has 0 saturated heterocycles. The first-order valence-corrected chi connectivity index (χ1v) is 8.02. The molecule has 0 atom stereocenters. The first-order valence-electron chi connectivity index (χ1n) is 8.02. The molecule has 0 aliphatic heterocycles. The molecule has 3 N–H and O–H groups in total. The molecule has 1 aromatic rings. The molecule has 0 radical (unpaired) electrons. The van der Waals surface area contributed by atoms with Gasteiger partial charge in [-0.1, -0.05) is 13.0 Å². The fraction of sp³-hybridized carbons (Fsp3) is 0.562. The van der Waals surface area contributed by atoms with Gasteiger partial charge in [0, 0.05) is 18.2 Å². The quantitative estimate of drug-likeness (QED) is 0.649. The SMILES string of the molecule is CCN(CC(=O)O)C1CC(NC(=O)NCc2cccc(OC)n2)C1. The van der Waals surface area contributed by atoms with Crippen LogP contribution >= 0.6 is 0 Å². The Morgan fingerprint density at radius 2 is 2.17 bits per heavy atom. The minimum atomic E-state index is -0.822. The lowest BCUT2D eigenvalue weighted by molar-refractivity contribution is -0.139. The number of nitrogens with zero attached hydrogens (tertiary/aromatic N) is 2. The summed E-state index contributed by atoms with van der Waals surface area (Å²) in [6, 6.07) is 5.43. The molecule has 24 heavy (non-hydrogen) atoms. The third-order valence-corrected chi connectivity index (χ3v) is 4.13. The van der Waals surface area contributed by atoms with Gasteiger partial charge < -0.3 is 20.5 Å². The Hall–Kier alpha value is -2.35. The molecule has 1 saturated carbocycles. The van der Waals surface area contributed by atoms with Crippen LogP contribution in [0.1, 0.15) is 25.5 Å². The average Bonchev–Trinajstić information content (AvgIpc) is 2.54. The Bertz CT molecular complexity index is 575. The summed E-state index contributed by atoms with van der Waals surface area (Å²) in [5.74, 6) is -0.313. The van der Waals surface area contributed by atoms with Gasteiger partial charge in [-0.2, -0.15) is 0 Å². The van der Waals surface area contributed by atoms with Crippen molar-refractivity contribution in [2.75, 3.05) is 20.2 Å². The zero-order valence-corrected chi connectivity index (χ0v) is 14.0. The van der Waals surface area contributed by atoms with Crippen molar-refractivity contribution in [1.82, 2.24) is 20.5 Å². The second-order valence-corrected chi connectivity index (χ2v) is 5.78. The fourth-order valence-corrected chi connectivity index (χ4v) is 2.75. The van der Waals surface area contributed by atoms with Crippen molar-refractivity contribution >= 4 is 12.0 Å². The van der Waals surface area contributed by atoms with Crippen molar-refractivity contribution in [3.63, 3.8) is 0 Å². The number of likely N-dealkylation sites (N-methyl/N-ethyl adjacent to an activating group) is 1. The zero-order valence-electron chi connectivity index (χ0n) is 14.0. The van der Waals surface area contributed by atoms with Crippen molar-refractivity contribution < 1.29 is 19.4 Å². The standard InChI is InChI=1S/C16H24N4O4/c1-3-20(10-15(21)22)13-7-12(8-13)19-16(23)17-9-11-5-4-6-14(18-11)24-2/h4-6,12-13H,3,7-10H2,1-2H3,(H,21,22)(H2,17,19,23). The number of carbonyl (C=O) groups excluding carboxylic acids is 1. The van der Waals surface area contributed by atoms with Gasteiger partial charge in [-0.05, 0) is 25.5 Å². The van der Waals surface area contributed by atoms with Gasteiger partial charge >= 0.3 is 12.0 Å². The third kappa shape index (κ3) is 5.09. The molecular formula is C16H24N4O4. The second-order valence-electron chi connectivity index (χ2n) is 5.78. The molecule has 0 bridgehead atoms. The molecule has 2 rings (SSSR count). The molecule has 0 unspecified atom stereocenters. The second kappa shape index (κ2) is 8.49. The minimum Gasteiger partial charge on any atom is -0.481 e. The number of aromatic nitrogens is 1. The number of urea groups is 1. The van der Waals surface area contributed by atoms with E-state index in [-0.39, 0.29) is 24.7 Å². The molecule has 1 aliphatic carbocycles. The van der Waals surface area contributed by atoms with E-state index in [9.17, 15) is 9.59 Å². The Morgan fingerprint density at radius 3 is 2.79 bits per heavy atom. The predicted molar refractivity (Wildman–Crippen MR) is 87.9 cm³/mol. The molecule has 132 valence electrons. The van der Waals surface area contributed by atoms with E-state index in [0.29, 0.717) is 19.0 Å². The predicted octanol–water partition coefficient (Wildman–Crippen LogP) is 0.827. The van der Waals surface area contributed by atoms with E-state index < -0.39 is 5.97 Å². The molecule has 0 aromatic carbocycles. The van der Waals surface area contributed by atoms with Crippen LogP contribution in [0.4, 0.5) is 4.79 Å². The van der Waals surface area contributed by atoms with Crippen LogP contribution in [-0.4, -0.2) is 59.3 Å². The zero-order chi connectivity index (χ0) is 17.5. The summed E-state index contributed by atoms with van der Waals surface area (Å²) in [5, 5.41) is 14.5. The topological polar surface area (TPSA) is 104 Å². The Labute approximate surface area is 141 Å². The first-order chi connectivity index (χ1) is 11.5. The summed E-state index contributed by atoms with van der Waals surface area (Å²) >= 11 is 0. The van der Waals surface area contributed by atoms with E-state index in [1.54, 1.807) is 13.2 Å². The van der Waals surface area contributed by atoms with Gasteiger partial charge in [-0.15, -0.1) is 0 Å². The maximum absolute atomic E-state index is 11.9. The summed E-state index contributed by atoms with van der Waals surface area (Å²) in [5.41, 5.74) is 0.717. The first kappa shape index (κ1) is 18.0. The Kier molecular flexibility index (Phi) is 6.36. The fourth-order valence-electron chi connectivity index (χ4n) is 2.75. The summed E-state index contributed by atoms with van der Waals surface area (Å²) in [7, 11) is 1.54. The molecular weight excluding hydrogens is 312 g/mol. The average molecular weight is 336 g/mol. The Balaban J connectivity index is 1.69. The van der Waals surface area contributed by atoms with E-state index in [1.165, 1.54) is 0 Å². The monoisotopic (exact) mass is 336 g/mol. The molecule has 8 heteroatoms. The van der Waals surface area contributed by atoms with Crippen LogP contribution in [0.2, 0.25) is 0 Å². The van der Waals surface area contributed by atoms with Gasteiger partial charge in [0.2, 0.25) is 5.88 Å². The van der Waals surface area contributed by atoms with Crippen LogP contribution in [0, 0.1) is 0 Å². The van der Waals surface area contributed by atoms with E-state index in [4.69, 9.17) is 9.84 Å². The maximum atomic E-state index is 11.9. The van der Waals surface area contributed by atoms with Gasteiger partial charge in [0.1, 0.15) is 0 Å². The molecule has 1 aromatic heterocycles. The number of methoxy groups -OCH3 is 1. The highest BCUT2D eigenvalue weighted by molar-refractivity contribution is 5.74. The summed E-state index contributed by atoms with van der Waals surface area (Å²) in [4.78, 5) is 28.8. The van der Waals surface area contributed by atoms with Gasteiger partial charge in [-0.3, -0.25) is 9.69 Å². The van der Waals surface area contributed by atoms with Crippen LogP contribution in [0.15, 0.2) is 18.2 Å². The number of rotatable bonds is 8. The number of ether oxygens (including phenoxy) is 1. The molecule has 1 fully saturated rings. The van der Waals surface area contributed by atoms with Gasteiger partial charge in [-0.25, -0.2) is 9.78 Å². The highest BCUT2D eigenvalue weighted by atomic mass is 16.5. The van der Waals surface area contributed by atoms with E-state index in [1.807, 2.05) is 24.0 Å². The smallest absolute Gasteiger partial charge is 0.317 e. The lowest BCUT2D eigenvalue weighted by Gasteiger charge is -2.42. The number of carboxylic acids is 1. The van der Waals surface area contributed by atoms with Crippen molar-refractivity contribution in [2.45, 2.75) is 38.4 Å². The molecule has 0 spiro atoms. The van der Waals surface area contributed by atoms with Crippen molar-refractivity contribution in [3.05, 3.63) is 23.9 Å². The molecule has 1 heterocycles. The normalized spacial score (nSPS) is 19.5. The number of pyridine rings is 1. The number of hydrogen-bond acceptors (Lipinski definition) is 5. The van der Waals surface area contributed by atoms with Crippen LogP contribution in [0.25, 0.3) is 0 Å². The number of aliphatic carboxylic acids is 1. The Morgan fingerprint density at radius 1 is 1.42 bits per heavy atom. The number of nitrogens with one attached hydrogen (secondary N) is 2. The van der Waals surface area contributed by atoms with Gasteiger partial charge in [0.05, 0.1) is 25.9 Å². The highest BCUT2D eigenvalue weighted by Crippen LogP contribution is 2.25. The minimum absolute atomic E-state index is 0.0432. The number of hydrogen-bond donors (Lipinski definition) is 3. The maximum Gasteiger partial charge on any atom is 0.317 e.